The second kappa shape index (κ2) is 6.69. The zero-order valence-electron chi connectivity index (χ0n) is 17.5. The second-order valence-corrected chi connectivity index (χ2v) is 9.26. The van der Waals surface area contributed by atoms with Crippen molar-refractivity contribution in [3.8, 4) is 0 Å². The Labute approximate surface area is 171 Å². The van der Waals surface area contributed by atoms with Crippen molar-refractivity contribution in [1.29, 1.82) is 0 Å². The molecule has 1 N–H and O–H groups in total. The number of ether oxygens (including phenoxy) is 1. The zero-order chi connectivity index (χ0) is 20.3. The van der Waals surface area contributed by atoms with Gasteiger partial charge >= 0.3 is 5.97 Å². The molecule has 154 valence electrons. The number of hydrogen-bond acceptors (Lipinski definition) is 4. The lowest BCUT2D eigenvalue weighted by Crippen LogP contribution is -2.70. The molecule has 1 aliphatic carbocycles. The number of piperidine rings is 2. The van der Waals surface area contributed by atoms with Crippen molar-refractivity contribution in [1.82, 2.24) is 9.88 Å². The van der Waals surface area contributed by atoms with Crippen LogP contribution in [0.25, 0.3) is 10.9 Å². The number of benzene rings is 1. The minimum absolute atomic E-state index is 0.0867. The molecule has 4 bridgehead atoms. The Balaban J connectivity index is 1.75. The largest absolute Gasteiger partial charge is 0.468 e. The monoisotopic (exact) mass is 394 g/mol. The van der Waals surface area contributed by atoms with E-state index < -0.39 is 5.41 Å². The Morgan fingerprint density at radius 3 is 2.83 bits per heavy atom. The molecule has 3 fully saturated rings. The number of para-hydroxylation sites is 1. The number of methoxy groups -OCH3 is 1. The first-order valence-corrected chi connectivity index (χ1v) is 10.9. The summed E-state index contributed by atoms with van der Waals surface area (Å²) in [5.41, 5.74) is 2.76. The Morgan fingerprint density at radius 2 is 2.10 bits per heavy atom. The highest BCUT2D eigenvalue weighted by Gasteiger charge is 2.65. The maximum Gasteiger partial charge on any atom is 0.319 e. The number of esters is 1. The number of rotatable bonds is 4. The van der Waals surface area contributed by atoms with Crippen molar-refractivity contribution in [2.45, 2.75) is 63.5 Å². The van der Waals surface area contributed by atoms with E-state index in [2.05, 4.69) is 35.0 Å². The predicted octanol–water partition coefficient (Wildman–Crippen LogP) is 3.60. The average molecular weight is 395 g/mol. The Hall–Kier alpha value is -2.14. The van der Waals surface area contributed by atoms with Gasteiger partial charge in [0.1, 0.15) is 11.2 Å². The van der Waals surface area contributed by atoms with Gasteiger partial charge in [-0.15, -0.1) is 0 Å². The Kier molecular flexibility index (Phi) is 4.35. The number of H-pyrrole nitrogens is 1. The fraction of sp³-hybridized carbons (Fsp3) is 0.583. The molecular formula is C24H30N2O3. The van der Waals surface area contributed by atoms with Crippen LogP contribution in [-0.2, 0) is 26.2 Å². The van der Waals surface area contributed by atoms with Crippen LogP contribution >= 0.6 is 0 Å². The Bertz CT molecular complexity index is 980. The van der Waals surface area contributed by atoms with E-state index in [1.54, 1.807) is 6.92 Å². The molecule has 6 rings (SSSR count). The molecule has 2 saturated heterocycles. The van der Waals surface area contributed by atoms with E-state index in [9.17, 15) is 9.59 Å². The van der Waals surface area contributed by atoms with Gasteiger partial charge in [-0.25, -0.2) is 0 Å². The molecule has 3 aliphatic heterocycles. The number of nitrogens with zero attached hydrogens (tertiary/aromatic N) is 1. The van der Waals surface area contributed by atoms with Crippen molar-refractivity contribution in [3.05, 3.63) is 35.5 Å². The molecule has 4 heterocycles. The van der Waals surface area contributed by atoms with Crippen LogP contribution in [0, 0.1) is 11.8 Å². The molecule has 4 aliphatic rings. The van der Waals surface area contributed by atoms with Gasteiger partial charge in [0, 0.05) is 41.6 Å². The topological polar surface area (TPSA) is 62.4 Å². The summed E-state index contributed by atoms with van der Waals surface area (Å²) in [4.78, 5) is 31.8. The van der Waals surface area contributed by atoms with Crippen LogP contribution < -0.4 is 0 Å². The van der Waals surface area contributed by atoms with Gasteiger partial charge in [0.05, 0.1) is 7.11 Å². The zero-order valence-corrected chi connectivity index (χ0v) is 17.5. The molecule has 0 radical (unpaired) electrons. The number of fused-ring (bicyclic) bond motifs is 4. The third-order valence-corrected chi connectivity index (χ3v) is 7.92. The smallest absolute Gasteiger partial charge is 0.319 e. The van der Waals surface area contributed by atoms with Crippen LogP contribution in [0.3, 0.4) is 0 Å². The number of aromatic nitrogens is 1. The fourth-order valence-electron chi connectivity index (χ4n) is 6.95. The van der Waals surface area contributed by atoms with Crippen molar-refractivity contribution >= 4 is 22.7 Å². The molecule has 5 heteroatoms. The SMILES string of the molecule is CC[C@H]1CC2C[C@@]3(C(=O)OC)c4[nH]c5ccccc5c4CCN(C2CC(C)=O)[C@@H]13. The van der Waals surface area contributed by atoms with Crippen LogP contribution in [0.5, 0.6) is 0 Å². The summed E-state index contributed by atoms with van der Waals surface area (Å²) in [5.74, 6) is 0.901. The number of aromatic amines is 1. The lowest BCUT2D eigenvalue weighted by Gasteiger charge is -2.61. The van der Waals surface area contributed by atoms with Crippen LogP contribution in [0.4, 0.5) is 0 Å². The quantitative estimate of drug-likeness (QED) is 0.805. The summed E-state index contributed by atoms with van der Waals surface area (Å²) in [6.45, 7) is 4.82. The number of Topliss-reactive ketones (excluding diaryl/α,β-unsaturated/α-hetero) is 1. The van der Waals surface area contributed by atoms with E-state index in [0.29, 0.717) is 18.3 Å². The maximum absolute atomic E-state index is 13.5. The molecule has 0 spiro atoms. The van der Waals surface area contributed by atoms with E-state index >= 15 is 0 Å². The third-order valence-electron chi connectivity index (χ3n) is 7.92. The maximum atomic E-state index is 13.5. The van der Waals surface area contributed by atoms with Crippen molar-refractivity contribution in [3.63, 3.8) is 0 Å². The van der Waals surface area contributed by atoms with Gasteiger partial charge in [-0.2, -0.15) is 0 Å². The number of nitrogens with one attached hydrogen (secondary N) is 1. The van der Waals surface area contributed by atoms with Gasteiger partial charge in [-0.1, -0.05) is 31.5 Å². The molecule has 1 aromatic carbocycles. The summed E-state index contributed by atoms with van der Waals surface area (Å²) >= 11 is 0. The van der Waals surface area contributed by atoms with Crippen LogP contribution in [0.1, 0.15) is 50.8 Å². The summed E-state index contributed by atoms with van der Waals surface area (Å²) in [6, 6.07) is 8.70. The number of ketones is 1. The normalized spacial score (nSPS) is 35.2. The molecular weight excluding hydrogens is 364 g/mol. The molecule has 5 nitrogen and oxygen atoms in total. The van der Waals surface area contributed by atoms with E-state index in [1.807, 2.05) is 6.07 Å². The minimum atomic E-state index is -0.670. The summed E-state index contributed by atoms with van der Waals surface area (Å²) in [6.07, 6.45) is 4.40. The summed E-state index contributed by atoms with van der Waals surface area (Å²) in [7, 11) is 1.52. The highest BCUT2D eigenvalue weighted by Crippen LogP contribution is 2.57. The van der Waals surface area contributed by atoms with E-state index in [-0.39, 0.29) is 23.8 Å². The molecule has 2 aromatic rings. The molecule has 29 heavy (non-hydrogen) atoms. The van der Waals surface area contributed by atoms with Crippen LogP contribution in [0.15, 0.2) is 24.3 Å². The first-order valence-electron chi connectivity index (χ1n) is 10.9. The van der Waals surface area contributed by atoms with E-state index in [1.165, 1.54) is 18.1 Å². The van der Waals surface area contributed by atoms with Crippen LogP contribution in [0.2, 0.25) is 0 Å². The van der Waals surface area contributed by atoms with Gasteiger partial charge < -0.3 is 9.72 Å². The minimum Gasteiger partial charge on any atom is -0.468 e. The summed E-state index contributed by atoms with van der Waals surface area (Å²) < 4.78 is 5.48. The molecule has 1 saturated carbocycles. The van der Waals surface area contributed by atoms with Crippen LogP contribution in [-0.4, -0.2) is 47.4 Å². The highest BCUT2D eigenvalue weighted by atomic mass is 16.5. The van der Waals surface area contributed by atoms with Gasteiger partial charge in [0.2, 0.25) is 0 Å². The lowest BCUT2D eigenvalue weighted by molar-refractivity contribution is -0.169. The first-order chi connectivity index (χ1) is 14.0. The molecule has 1 aromatic heterocycles. The number of carbonyl (C=O) groups is 2. The van der Waals surface area contributed by atoms with Crippen molar-refractivity contribution < 1.29 is 14.3 Å². The predicted molar refractivity (Wildman–Crippen MR) is 112 cm³/mol. The third kappa shape index (κ3) is 2.49. The van der Waals surface area contributed by atoms with E-state index in [0.717, 1.165) is 43.4 Å². The second-order valence-electron chi connectivity index (χ2n) is 9.26. The van der Waals surface area contributed by atoms with Crippen molar-refractivity contribution in [2.24, 2.45) is 11.8 Å². The highest BCUT2D eigenvalue weighted by molar-refractivity contribution is 5.91. The summed E-state index contributed by atoms with van der Waals surface area (Å²) in [5, 5.41) is 1.21. The van der Waals surface area contributed by atoms with E-state index in [4.69, 9.17) is 4.74 Å². The average Bonchev–Trinajstić information content (AvgIpc) is 3.05. The molecule has 0 amide bonds. The van der Waals surface area contributed by atoms with Gasteiger partial charge in [-0.05, 0) is 49.7 Å². The van der Waals surface area contributed by atoms with Gasteiger partial charge in [-0.3, -0.25) is 14.5 Å². The number of carbonyl (C=O) groups excluding carboxylic acids is 2. The van der Waals surface area contributed by atoms with Crippen molar-refractivity contribution in [2.75, 3.05) is 13.7 Å². The molecule has 3 unspecified atom stereocenters. The molecule has 6 atom stereocenters. The van der Waals surface area contributed by atoms with Gasteiger partial charge in [0.25, 0.3) is 0 Å². The Morgan fingerprint density at radius 1 is 1.31 bits per heavy atom. The number of hydrogen-bond donors (Lipinski definition) is 1. The fourth-order valence-corrected chi connectivity index (χ4v) is 6.95. The van der Waals surface area contributed by atoms with Gasteiger partial charge in [0.15, 0.2) is 0 Å². The standard InChI is InChI=1S/C24H30N2O3/c1-4-15-12-16-13-24(23(28)29-3)21-18(17-7-5-6-8-19(17)25-21)9-10-26(22(15)24)20(16)11-14(2)27/h5-8,15-16,20,22,25H,4,9-13H2,1-3H3/t15-,16?,20?,22-,24+/m0/s1. The first kappa shape index (κ1) is 18.9. The lowest BCUT2D eigenvalue weighted by atomic mass is 9.54.